The normalized spacial score (nSPS) is 14.6. The quantitative estimate of drug-likeness (QED) is 0.663. The molecule has 7 heteroatoms. The van der Waals surface area contributed by atoms with E-state index >= 15 is 0 Å². The Labute approximate surface area is 83.1 Å². The second-order valence-corrected chi connectivity index (χ2v) is 2.89. The Hall–Kier alpha value is -2.31. The molecule has 0 aliphatic heterocycles. The topological polar surface area (TPSA) is 102 Å². The number of carbonyl (C=O) groups is 3. The molecule has 0 spiro atoms. The number of Topliss-reactive ketones (excluding diaryl/α,β-unsaturated/α-hetero) is 1. The summed E-state index contributed by atoms with van der Waals surface area (Å²) in [5.41, 5.74) is -0.420. The molecule has 1 aliphatic carbocycles. The van der Waals surface area contributed by atoms with Gasteiger partial charge in [-0.05, 0) is 10.3 Å². The molecule has 1 N–H and O–H groups in total. The van der Waals surface area contributed by atoms with Gasteiger partial charge in [-0.3, -0.25) is 14.4 Å². The van der Waals surface area contributed by atoms with Gasteiger partial charge in [0, 0.05) is 13.0 Å². The second-order valence-electron chi connectivity index (χ2n) is 2.89. The van der Waals surface area contributed by atoms with Crippen LogP contribution in [0, 0.1) is 0 Å². The zero-order valence-corrected chi connectivity index (χ0v) is 7.60. The third-order valence-corrected chi connectivity index (χ3v) is 1.77. The van der Waals surface area contributed by atoms with Crippen LogP contribution in [0.25, 0.3) is 0 Å². The van der Waals surface area contributed by atoms with Crippen LogP contribution in [0.2, 0.25) is 0 Å². The van der Waals surface area contributed by atoms with Gasteiger partial charge in [-0.2, -0.15) is 0 Å². The van der Waals surface area contributed by atoms with Crippen molar-refractivity contribution in [1.82, 2.24) is 15.6 Å². The first-order chi connectivity index (χ1) is 7.09. The van der Waals surface area contributed by atoms with Crippen molar-refractivity contribution in [3.05, 3.63) is 23.2 Å². The van der Waals surface area contributed by atoms with Crippen molar-refractivity contribution in [3.8, 4) is 0 Å². The van der Waals surface area contributed by atoms with Gasteiger partial charge in [0.25, 0.3) is 0 Å². The molecule has 0 saturated heterocycles. The predicted octanol–water partition coefficient (Wildman–Crippen LogP) is -0.531. The second kappa shape index (κ2) is 3.12. The molecule has 1 heterocycles. The van der Waals surface area contributed by atoms with Crippen LogP contribution < -0.4 is 5.32 Å². The standard InChI is InChI=1S/C8H5N3O4/c1-3(12)9-4-2-5(13)6-7(8(4)14)11-15-10-6/h2H,1H3,(H,9,12). The molecule has 2 rings (SSSR count). The Bertz CT molecular complexity index is 500. The molecule has 7 nitrogen and oxygen atoms in total. The molecule has 1 aromatic heterocycles. The van der Waals surface area contributed by atoms with Crippen molar-refractivity contribution in [1.29, 1.82) is 0 Å². The van der Waals surface area contributed by atoms with E-state index in [0.29, 0.717) is 0 Å². The molecule has 0 atom stereocenters. The zero-order valence-electron chi connectivity index (χ0n) is 7.60. The maximum atomic E-state index is 11.6. The lowest BCUT2D eigenvalue weighted by Gasteiger charge is -2.08. The van der Waals surface area contributed by atoms with E-state index in [0.717, 1.165) is 6.08 Å². The van der Waals surface area contributed by atoms with Gasteiger partial charge in [-0.25, -0.2) is 4.63 Å². The monoisotopic (exact) mass is 207 g/mol. The van der Waals surface area contributed by atoms with E-state index in [2.05, 4.69) is 20.3 Å². The minimum atomic E-state index is -0.582. The van der Waals surface area contributed by atoms with Crippen LogP contribution in [0.5, 0.6) is 0 Å². The van der Waals surface area contributed by atoms with Crippen molar-refractivity contribution in [2.75, 3.05) is 0 Å². The third-order valence-electron chi connectivity index (χ3n) is 1.77. The summed E-state index contributed by atoms with van der Waals surface area (Å²) in [7, 11) is 0. The highest BCUT2D eigenvalue weighted by Crippen LogP contribution is 2.15. The fourth-order valence-electron chi connectivity index (χ4n) is 1.17. The average Bonchev–Trinajstić information content (AvgIpc) is 2.61. The molecular weight excluding hydrogens is 202 g/mol. The fourth-order valence-corrected chi connectivity index (χ4v) is 1.17. The van der Waals surface area contributed by atoms with E-state index in [4.69, 9.17) is 0 Å². The Kier molecular flexibility index (Phi) is 1.93. The summed E-state index contributed by atoms with van der Waals surface area (Å²) in [6, 6.07) is 0. The summed E-state index contributed by atoms with van der Waals surface area (Å²) in [4.78, 5) is 33.6. The van der Waals surface area contributed by atoms with Crippen LogP contribution in [-0.2, 0) is 4.79 Å². The zero-order chi connectivity index (χ0) is 11.0. The van der Waals surface area contributed by atoms with Crippen LogP contribution in [0.15, 0.2) is 16.4 Å². The first-order valence-electron chi connectivity index (χ1n) is 4.00. The number of allylic oxidation sites excluding steroid dienone is 2. The van der Waals surface area contributed by atoms with Gasteiger partial charge in [-0.15, -0.1) is 0 Å². The molecule has 76 valence electrons. The van der Waals surface area contributed by atoms with Crippen molar-refractivity contribution < 1.29 is 19.0 Å². The molecule has 0 radical (unpaired) electrons. The molecule has 0 fully saturated rings. The number of fused-ring (bicyclic) bond motifs is 1. The van der Waals surface area contributed by atoms with Crippen molar-refractivity contribution in [2.45, 2.75) is 6.92 Å². The van der Waals surface area contributed by atoms with Gasteiger partial charge in [0.2, 0.25) is 17.5 Å². The van der Waals surface area contributed by atoms with E-state index in [1.807, 2.05) is 0 Å². The predicted molar refractivity (Wildman–Crippen MR) is 44.9 cm³/mol. The van der Waals surface area contributed by atoms with Gasteiger partial charge in [-0.1, -0.05) is 0 Å². The SMILES string of the molecule is CC(=O)NC1=CC(=O)c2nonc2C1=O. The number of nitrogens with one attached hydrogen (secondary N) is 1. The smallest absolute Gasteiger partial charge is 0.233 e. The largest absolute Gasteiger partial charge is 0.323 e. The summed E-state index contributed by atoms with van der Waals surface area (Å²) in [5.74, 6) is -1.54. The lowest BCUT2D eigenvalue weighted by molar-refractivity contribution is -0.118. The van der Waals surface area contributed by atoms with E-state index in [1.54, 1.807) is 0 Å². The third kappa shape index (κ3) is 1.43. The number of nitrogens with zero attached hydrogens (tertiary/aromatic N) is 2. The van der Waals surface area contributed by atoms with Gasteiger partial charge in [0.15, 0.2) is 11.4 Å². The van der Waals surface area contributed by atoms with Crippen LogP contribution >= 0.6 is 0 Å². The van der Waals surface area contributed by atoms with Gasteiger partial charge in [0.1, 0.15) is 0 Å². The number of hydrogen-bond acceptors (Lipinski definition) is 6. The Morgan fingerprint density at radius 2 is 2.00 bits per heavy atom. The van der Waals surface area contributed by atoms with E-state index in [9.17, 15) is 14.4 Å². The number of ketones is 2. The minimum absolute atomic E-state index is 0.115. The lowest BCUT2D eigenvalue weighted by Crippen LogP contribution is -2.29. The molecule has 0 unspecified atom stereocenters. The van der Waals surface area contributed by atoms with Crippen LogP contribution in [0.3, 0.4) is 0 Å². The maximum absolute atomic E-state index is 11.6. The van der Waals surface area contributed by atoms with E-state index in [-0.39, 0.29) is 17.1 Å². The highest BCUT2D eigenvalue weighted by atomic mass is 16.6. The Morgan fingerprint density at radius 1 is 1.33 bits per heavy atom. The Balaban J connectivity index is 2.43. The molecular formula is C8H5N3O4. The van der Waals surface area contributed by atoms with E-state index in [1.165, 1.54) is 6.92 Å². The molecule has 1 aromatic rings. The minimum Gasteiger partial charge on any atom is -0.323 e. The number of aromatic nitrogens is 2. The summed E-state index contributed by atoms with van der Waals surface area (Å²) in [6.07, 6.45) is 0.996. The van der Waals surface area contributed by atoms with Crippen LogP contribution in [-0.4, -0.2) is 27.8 Å². The van der Waals surface area contributed by atoms with Gasteiger partial charge < -0.3 is 5.32 Å². The van der Waals surface area contributed by atoms with Gasteiger partial charge >= 0.3 is 0 Å². The van der Waals surface area contributed by atoms with Crippen molar-refractivity contribution in [3.63, 3.8) is 0 Å². The molecule has 0 saturated carbocycles. The highest BCUT2D eigenvalue weighted by Gasteiger charge is 2.31. The average molecular weight is 207 g/mol. The first kappa shape index (κ1) is 9.25. The lowest BCUT2D eigenvalue weighted by atomic mass is 10.0. The molecule has 1 amide bonds. The summed E-state index contributed by atoms with van der Waals surface area (Å²) in [6.45, 7) is 1.23. The van der Waals surface area contributed by atoms with Gasteiger partial charge in [0.05, 0.1) is 5.70 Å². The number of amides is 1. The van der Waals surface area contributed by atoms with Crippen LogP contribution in [0.1, 0.15) is 27.9 Å². The Morgan fingerprint density at radius 3 is 2.67 bits per heavy atom. The van der Waals surface area contributed by atoms with E-state index < -0.39 is 17.5 Å². The molecule has 15 heavy (non-hydrogen) atoms. The summed E-state index contributed by atoms with van der Waals surface area (Å²) < 4.78 is 4.27. The van der Waals surface area contributed by atoms with Crippen molar-refractivity contribution in [2.24, 2.45) is 0 Å². The van der Waals surface area contributed by atoms with Crippen molar-refractivity contribution >= 4 is 17.5 Å². The summed E-state index contributed by atoms with van der Waals surface area (Å²) >= 11 is 0. The molecule has 0 aromatic carbocycles. The van der Waals surface area contributed by atoms with Crippen LogP contribution in [0.4, 0.5) is 0 Å². The molecule has 1 aliphatic rings. The number of rotatable bonds is 1. The summed E-state index contributed by atoms with van der Waals surface area (Å²) in [5, 5.41) is 8.82. The number of carbonyl (C=O) groups excluding carboxylic acids is 3. The first-order valence-corrected chi connectivity index (χ1v) is 4.00. The molecule has 0 bridgehead atoms. The fraction of sp³-hybridized carbons (Fsp3) is 0.125. The maximum Gasteiger partial charge on any atom is 0.233 e. The number of hydrogen-bond donors (Lipinski definition) is 1. The highest BCUT2D eigenvalue weighted by molar-refractivity contribution is 6.23.